The monoisotopic (exact) mass is 660 g/mol. The zero-order valence-corrected chi connectivity index (χ0v) is 23.4. The highest BCUT2D eigenvalue weighted by atomic mass is 127. The van der Waals surface area contributed by atoms with Crippen LogP contribution in [0, 0.1) is 15.2 Å². The number of carbonyl (C=O) groups is 1. The minimum absolute atomic E-state index is 0.0719. The fraction of sp³-hybridized carbons (Fsp3) is 0.360. The van der Waals surface area contributed by atoms with Crippen molar-refractivity contribution in [2.75, 3.05) is 17.5 Å². The second-order valence-corrected chi connectivity index (χ2v) is 12.3. The van der Waals surface area contributed by atoms with Crippen LogP contribution in [-0.2, 0) is 23.0 Å². The number of halogens is 3. The van der Waals surface area contributed by atoms with Gasteiger partial charge in [-0.2, -0.15) is 4.98 Å². The van der Waals surface area contributed by atoms with Crippen molar-refractivity contribution >= 4 is 44.5 Å². The van der Waals surface area contributed by atoms with Gasteiger partial charge in [0.2, 0.25) is 10.0 Å². The summed E-state index contributed by atoms with van der Waals surface area (Å²) in [6.07, 6.45) is 1.23. The molecule has 1 aliphatic carbocycles. The molecule has 38 heavy (non-hydrogen) atoms. The molecule has 1 fully saturated rings. The van der Waals surface area contributed by atoms with Gasteiger partial charge >= 0.3 is 6.01 Å². The van der Waals surface area contributed by atoms with Gasteiger partial charge in [-0.15, -0.1) is 0 Å². The lowest BCUT2D eigenvalue weighted by Gasteiger charge is -2.25. The molecular weight excluding hydrogens is 633 g/mol. The minimum atomic E-state index is -3.69. The Morgan fingerprint density at radius 2 is 1.89 bits per heavy atom. The second-order valence-electron chi connectivity index (χ2n) is 9.27. The standard InChI is InChI=1S/C25H27F2IN4O5S/c1-38(35,36)32-25-31-22(23(37-25)16-5-6-16)24(34)30-20(10-15-7-17(26)11-18(27)8-15)21(33)13-29-12-14-3-2-4-19(28)9-14/h2-4,7-9,11,16,20-21,29,33H,5-6,10,12-13H2,1H3,(H,30,34)(H,31,32)/t20-,21-/m0/s1. The highest BCUT2D eigenvalue weighted by Crippen LogP contribution is 2.42. The molecule has 2 atom stereocenters. The highest BCUT2D eigenvalue weighted by Gasteiger charge is 2.35. The van der Waals surface area contributed by atoms with E-state index in [0.29, 0.717) is 6.54 Å². The molecule has 1 heterocycles. The zero-order chi connectivity index (χ0) is 27.4. The molecule has 0 radical (unpaired) electrons. The summed E-state index contributed by atoms with van der Waals surface area (Å²) in [7, 11) is -3.69. The number of hydrogen-bond acceptors (Lipinski definition) is 7. The average molecular weight is 660 g/mol. The molecule has 1 aliphatic rings. The quantitative estimate of drug-likeness (QED) is 0.219. The summed E-state index contributed by atoms with van der Waals surface area (Å²) in [4.78, 5) is 17.3. The Morgan fingerprint density at radius 3 is 2.53 bits per heavy atom. The number of aliphatic hydroxyl groups excluding tert-OH is 1. The van der Waals surface area contributed by atoms with Crippen LogP contribution in [0.2, 0.25) is 0 Å². The predicted molar refractivity (Wildman–Crippen MR) is 145 cm³/mol. The van der Waals surface area contributed by atoms with E-state index in [4.69, 9.17) is 4.42 Å². The number of benzene rings is 2. The number of amides is 1. The Balaban J connectivity index is 1.52. The number of aromatic nitrogens is 1. The van der Waals surface area contributed by atoms with E-state index in [0.717, 1.165) is 46.4 Å². The van der Waals surface area contributed by atoms with Crippen molar-refractivity contribution in [3.63, 3.8) is 0 Å². The van der Waals surface area contributed by atoms with Gasteiger partial charge < -0.3 is 20.2 Å². The Morgan fingerprint density at radius 1 is 1.18 bits per heavy atom. The maximum Gasteiger partial charge on any atom is 0.309 e. The average Bonchev–Trinajstić information content (AvgIpc) is 3.57. The lowest BCUT2D eigenvalue weighted by atomic mass is 10.00. The van der Waals surface area contributed by atoms with Crippen LogP contribution < -0.4 is 15.4 Å². The molecule has 9 nitrogen and oxygen atoms in total. The largest absolute Gasteiger partial charge is 0.427 e. The number of hydrogen-bond donors (Lipinski definition) is 4. The number of sulfonamides is 1. The number of anilines is 1. The van der Waals surface area contributed by atoms with E-state index in [1.807, 2.05) is 24.3 Å². The van der Waals surface area contributed by atoms with E-state index in [2.05, 4.69) is 42.9 Å². The molecule has 0 saturated heterocycles. The molecular formula is C25H27F2IN4O5S. The molecule has 204 valence electrons. The topological polar surface area (TPSA) is 134 Å². The molecule has 0 aliphatic heterocycles. The summed E-state index contributed by atoms with van der Waals surface area (Å²) in [6.45, 7) is 0.530. The van der Waals surface area contributed by atoms with Crippen LogP contribution in [0.4, 0.5) is 14.8 Å². The number of rotatable bonds is 12. The summed E-state index contributed by atoms with van der Waals surface area (Å²) >= 11 is 2.20. The lowest BCUT2D eigenvalue weighted by molar-refractivity contribution is 0.0824. The van der Waals surface area contributed by atoms with Crippen molar-refractivity contribution in [3.05, 3.63) is 80.3 Å². The number of oxazole rings is 1. The second kappa shape index (κ2) is 12.1. The van der Waals surface area contributed by atoms with Crippen LogP contribution in [0.5, 0.6) is 0 Å². The smallest absolute Gasteiger partial charge is 0.309 e. The van der Waals surface area contributed by atoms with Crippen LogP contribution in [-0.4, -0.2) is 49.4 Å². The van der Waals surface area contributed by atoms with E-state index in [-0.39, 0.29) is 41.9 Å². The van der Waals surface area contributed by atoms with Crippen molar-refractivity contribution in [1.29, 1.82) is 0 Å². The molecule has 4 rings (SSSR count). The molecule has 3 aromatic rings. The number of nitrogens with one attached hydrogen (secondary N) is 3. The van der Waals surface area contributed by atoms with E-state index >= 15 is 0 Å². The first-order valence-corrected chi connectivity index (χ1v) is 14.8. The SMILES string of the molecule is CS(=O)(=O)Nc1nc(C(=O)N[C@@H](Cc2cc(F)cc(F)c2)[C@@H](O)CNCc2cccc(I)c2)c(C2CC2)o1. The molecule has 13 heteroatoms. The third kappa shape index (κ3) is 8.19. The van der Waals surface area contributed by atoms with Crippen molar-refractivity contribution in [2.45, 2.75) is 43.9 Å². The van der Waals surface area contributed by atoms with Crippen molar-refractivity contribution in [3.8, 4) is 0 Å². The third-order valence-corrected chi connectivity index (χ3v) is 7.04. The van der Waals surface area contributed by atoms with Gasteiger partial charge in [0.1, 0.15) is 17.4 Å². The Hall–Kier alpha value is -2.62. The van der Waals surface area contributed by atoms with Gasteiger partial charge in [0.15, 0.2) is 5.69 Å². The van der Waals surface area contributed by atoms with Crippen LogP contribution in [0.25, 0.3) is 0 Å². The molecule has 0 unspecified atom stereocenters. The van der Waals surface area contributed by atoms with Crippen molar-refractivity contribution in [1.82, 2.24) is 15.6 Å². The maximum atomic E-state index is 13.8. The zero-order valence-electron chi connectivity index (χ0n) is 20.4. The first kappa shape index (κ1) is 28.4. The number of nitrogens with zero attached hydrogens (tertiary/aromatic N) is 1. The van der Waals surface area contributed by atoms with E-state index in [1.165, 1.54) is 0 Å². The fourth-order valence-electron chi connectivity index (χ4n) is 3.98. The Kier molecular flexibility index (Phi) is 9.00. The van der Waals surface area contributed by atoms with Gasteiger partial charge in [-0.05, 0) is 77.2 Å². The Bertz CT molecular complexity index is 1390. The van der Waals surface area contributed by atoms with Gasteiger partial charge in [-0.3, -0.25) is 4.79 Å². The molecule has 1 amide bonds. The summed E-state index contributed by atoms with van der Waals surface area (Å²) in [5, 5.41) is 16.8. The van der Waals surface area contributed by atoms with E-state index in [9.17, 15) is 27.1 Å². The van der Waals surface area contributed by atoms with Gasteiger partial charge in [0.25, 0.3) is 5.91 Å². The van der Waals surface area contributed by atoms with E-state index in [1.54, 1.807) is 0 Å². The van der Waals surface area contributed by atoms with Crippen LogP contribution in [0.1, 0.15) is 46.1 Å². The summed E-state index contributed by atoms with van der Waals surface area (Å²) in [5.74, 6) is -2.08. The molecule has 4 N–H and O–H groups in total. The van der Waals surface area contributed by atoms with Crippen LogP contribution in [0.15, 0.2) is 46.9 Å². The first-order chi connectivity index (χ1) is 18.0. The number of carbonyl (C=O) groups excluding carboxylic acids is 1. The first-order valence-electron chi connectivity index (χ1n) is 11.8. The fourth-order valence-corrected chi connectivity index (χ4v) is 4.99. The molecule has 1 aromatic heterocycles. The van der Waals surface area contributed by atoms with Crippen molar-refractivity contribution in [2.24, 2.45) is 0 Å². The molecule has 1 saturated carbocycles. The summed E-state index contributed by atoms with van der Waals surface area (Å²) < 4.78 is 59.6. The number of aliphatic hydroxyl groups is 1. The van der Waals surface area contributed by atoms with Crippen LogP contribution in [0.3, 0.4) is 0 Å². The van der Waals surface area contributed by atoms with Gasteiger partial charge in [0.05, 0.1) is 18.4 Å². The van der Waals surface area contributed by atoms with Gasteiger partial charge in [0, 0.05) is 28.6 Å². The summed E-state index contributed by atoms with van der Waals surface area (Å²) in [5.41, 5.74) is 1.14. The Labute approximate surface area is 232 Å². The normalized spacial score (nSPS) is 15.2. The maximum absolute atomic E-state index is 13.8. The minimum Gasteiger partial charge on any atom is -0.427 e. The highest BCUT2D eigenvalue weighted by molar-refractivity contribution is 14.1. The third-order valence-electron chi connectivity index (χ3n) is 5.82. The van der Waals surface area contributed by atoms with Crippen molar-refractivity contribution < 1.29 is 31.5 Å². The van der Waals surface area contributed by atoms with Gasteiger partial charge in [-0.1, -0.05) is 12.1 Å². The lowest BCUT2D eigenvalue weighted by Crippen LogP contribution is -2.49. The predicted octanol–water partition coefficient (Wildman–Crippen LogP) is 3.30. The summed E-state index contributed by atoms with van der Waals surface area (Å²) in [6, 6.07) is 9.51. The van der Waals surface area contributed by atoms with Gasteiger partial charge in [-0.25, -0.2) is 21.9 Å². The molecule has 0 bridgehead atoms. The molecule has 0 spiro atoms. The van der Waals surface area contributed by atoms with Crippen LogP contribution >= 0.6 is 22.6 Å². The van der Waals surface area contributed by atoms with E-state index < -0.39 is 39.7 Å². The molecule has 2 aromatic carbocycles.